The standard InChI is InChI=1S/C15H24N2O3.2ClH/c1-11(17-7-5-16-6-8-17)12-9-13(18-2)15(20-4)14(10-12)19-3;;/h9-11,16H,5-8H2,1-4H3;2*1H/t11-;;/m1../s1. The molecule has 1 N–H and O–H groups in total. The van der Waals surface area contributed by atoms with Crippen molar-refractivity contribution in [2.75, 3.05) is 47.5 Å². The number of methoxy groups -OCH3 is 3. The molecular formula is C15H26Cl2N2O3. The van der Waals surface area contributed by atoms with Crippen molar-refractivity contribution in [2.24, 2.45) is 0 Å². The molecule has 0 spiro atoms. The van der Waals surface area contributed by atoms with Crippen molar-refractivity contribution in [1.29, 1.82) is 0 Å². The molecule has 0 saturated carbocycles. The highest BCUT2D eigenvalue weighted by molar-refractivity contribution is 5.85. The molecule has 22 heavy (non-hydrogen) atoms. The van der Waals surface area contributed by atoms with Gasteiger partial charge in [-0.2, -0.15) is 0 Å². The van der Waals surface area contributed by atoms with Gasteiger partial charge in [0.1, 0.15) is 0 Å². The molecule has 1 fully saturated rings. The average molecular weight is 353 g/mol. The Morgan fingerprint density at radius 2 is 1.45 bits per heavy atom. The quantitative estimate of drug-likeness (QED) is 0.881. The van der Waals surface area contributed by atoms with Gasteiger partial charge in [0, 0.05) is 32.2 Å². The van der Waals surface area contributed by atoms with Crippen LogP contribution in [0.2, 0.25) is 0 Å². The number of hydrogen-bond acceptors (Lipinski definition) is 5. The monoisotopic (exact) mass is 352 g/mol. The highest BCUT2D eigenvalue weighted by Crippen LogP contribution is 2.40. The molecule has 1 aromatic carbocycles. The van der Waals surface area contributed by atoms with Crippen LogP contribution in [0, 0.1) is 0 Å². The molecule has 2 rings (SSSR count). The summed E-state index contributed by atoms with van der Waals surface area (Å²) >= 11 is 0. The second-order valence-corrected chi connectivity index (χ2v) is 4.92. The third-order valence-corrected chi connectivity index (χ3v) is 3.87. The maximum atomic E-state index is 5.42. The van der Waals surface area contributed by atoms with E-state index in [2.05, 4.69) is 17.1 Å². The average Bonchev–Trinajstić information content (AvgIpc) is 2.53. The summed E-state index contributed by atoms with van der Waals surface area (Å²) in [7, 11) is 4.92. The second-order valence-electron chi connectivity index (χ2n) is 4.92. The van der Waals surface area contributed by atoms with Gasteiger partial charge in [-0.25, -0.2) is 0 Å². The summed E-state index contributed by atoms with van der Waals surface area (Å²) in [5, 5.41) is 3.37. The van der Waals surface area contributed by atoms with Crippen LogP contribution < -0.4 is 19.5 Å². The number of nitrogens with zero attached hydrogens (tertiary/aromatic N) is 1. The van der Waals surface area contributed by atoms with Crippen molar-refractivity contribution >= 4 is 24.8 Å². The number of piperazine rings is 1. The fraction of sp³-hybridized carbons (Fsp3) is 0.600. The van der Waals surface area contributed by atoms with E-state index in [0.29, 0.717) is 23.3 Å². The molecule has 0 aromatic heterocycles. The molecule has 128 valence electrons. The van der Waals surface area contributed by atoms with Crippen molar-refractivity contribution in [3.05, 3.63) is 17.7 Å². The van der Waals surface area contributed by atoms with Gasteiger partial charge >= 0.3 is 0 Å². The molecule has 1 saturated heterocycles. The maximum absolute atomic E-state index is 5.42. The Bertz CT molecular complexity index is 429. The number of rotatable bonds is 5. The summed E-state index contributed by atoms with van der Waals surface area (Å²) in [6.45, 7) is 6.39. The van der Waals surface area contributed by atoms with Gasteiger partial charge in [-0.15, -0.1) is 24.8 Å². The zero-order valence-electron chi connectivity index (χ0n) is 13.5. The molecular weight excluding hydrogens is 327 g/mol. The SMILES string of the molecule is COc1cc([C@@H](C)N2CCNCC2)cc(OC)c1OC.Cl.Cl. The van der Waals surface area contributed by atoms with Gasteiger partial charge in [0.15, 0.2) is 11.5 Å². The molecule has 0 aliphatic carbocycles. The molecule has 0 bridgehead atoms. The van der Waals surface area contributed by atoms with Crippen molar-refractivity contribution in [1.82, 2.24) is 10.2 Å². The summed E-state index contributed by atoms with van der Waals surface area (Å²) < 4.78 is 16.2. The number of ether oxygens (including phenoxy) is 3. The number of hydrogen-bond donors (Lipinski definition) is 1. The van der Waals surface area contributed by atoms with Gasteiger partial charge in [0.25, 0.3) is 0 Å². The van der Waals surface area contributed by atoms with Crippen LogP contribution in [0.3, 0.4) is 0 Å². The van der Waals surface area contributed by atoms with Crippen LogP contribution in [0.1, 0.15) is 18.5 Å². The van der Waals surface area contributed by atoms with E-state index in [4.69, 9.17) is 14.2 Å². The van der Waals surface area contributed by atoms with Crippen molar-refractivity contribution in [3.63, 3.8) is 0 Å². The van der Waals surface area contributed by atoms with E-state index >= 15 is 0 Å². The van der Waals surface area contributed by atoms with Crippen LogP contribution >= 0.6 is 24.8 Å². The minimum atomic E-state index is 0. The number of halogens is 2. The van der Waals surface area contributed by atoms with Crippen LogP contribution in [-0.2, 0) is 0 Å². The highest BCUT2D eigenvalue weighted by Gasteiger charge is 2.21. The van der Waals surface area contributed by atoms with Crippen LogP contribution in [0.5, 0.6) is 17.2 Å². The van der Waals surface area contributed by atoms with Crippen LogP contribution in [0.25, 0.3) is 0 Å². The molecule has 1 aliphatic heterocycles. The molecule has 1 aliphatic rings. The Hall–Kier alpha value is -0.880. The smallest absolute Gasteiger partial charge is 0.203 e. The Morgan fingerprint density at radius 1 is 0.955 bits per heavy atom. The van der Waals surface area contributed by atoms with E-state index in [-0.39, 0.29) is 24.8 Å². The lowest BCUT2D eigenvalue weighted by Crippen LogP contribution is -2.44. The van der Waals surface area contributed by atoms with Gasteiger partial charge in [-0.3, -0.25) is 4.90 Å². The minimum Gasteiger partial charge on any atom is -0.493 e. The highest BCUT2D eigenvalue weighted by atomic mass is 35.5. The minimum absolute atomic E-state index is 0. The predicted molar refractivity (Wildman–Crippen MR) is 93.5 cm³/mol. The molecule has 7 heteroatoms. The summed E-state index contributed by atoms with van der Waals surface area (Å²) in [5.74, 6) is 2.07. The number of benzene rings is 1. The van der Waals surface area contributed by atoms with E-state index in [9.17, 15) is 0 Å². The van der Waals surface area contributed by atoms with Gasteiger partial charge in [0.05, 0.1) is 21.3 Å². The zero-order chi connectivity index (χ0) is 14.5. The van der Waals surface area contributed by atoms with E-state index < -0.39 is 0 Å². The Labute approximate surface area is 145 Å². The van der Waals surface area contributed by atoms with E-state index in [1.54, 1.807) is 21.3 Å². The maximum Gasteiger partial charge on any atom is 0.203 e. The van der Waals surface area contributed by atoms with Gasteiger partial charge < -0.3 is 19.5 Å². The van der Waals surface area contributed by atoms with E-state index in [1.165, 1.54) is 5.56 Å². The molecule has 0 radical (unpaired) electrons. The summed E-state index contributed by atoms with van der Waals surface area (Å²) in [4.78, 5) is 2.46. The van der Waals surface area contributed by atoms with Crippen molar-refractivity contribution < 1.29 is 14.2 Å². The summed E-state index contributed by atoms with van der Waals surface area (Å²) in [5.41, 5.74) is 1.18. The molecule has 1 aromatic rings. The Kier molecular flexibility index (Phi) is 9.60. The van der Waals surface area contributed by atoms with Crippen LogP contribution in [0.15, 0.2) is 12.1 Å². The van der Waals surface area contributed by atoms with Crippen LogP contribution in [0.4, 0.5) is 0 Å². The normalized spacial score (nSPS) is 16.0. The number of nitrogens with one attached hydrogen (secondary N) is 1. The largest absolute Gasteiger partial charge is 0.493 e. The van der Waals surface area contributed by atoms with Crippen molar-refractivity contribution in [3.8, 4) is 17.2 Å². The molecule has 0 unspecified atom stereocenters. The fourth-order valence-corrected chi connectivity index (χ4v) is 2.62. The summed E-state index contributed by atoms with van der Waals surface area (Å²) in [6.07, 6.45) is 0. The zero-order valence-corrected chi connectivity index (χ0v) is 15.2. The first-order valence-corrected chi connectivity index (χ1v) is 6.96. The first kappa shape index (κ1) is 21.1. The molecule has 5 nitrogen and oxygen atoms in total. The van der Waals surface area contributed by atoms with E-state index in [0.717, 1.165) is 26.2 Å². The predicted octanol–water partition coefficient (Wildman–Crippen LogP) is 2.52. The first-order valence-electron chi connectivity index (χ1n) is 6.96. The Morgan fingerprint density at radius 3 is 1.86 bits per heavy atom. The third kappa shape index (κ3) is 4.56. The molecule has 1 atom stereocenters. The Balaban J connectivity index is 0.00000220. The fourth-order valence-electron chi connectivity index (χ4n) is 2.62. The van der Waals surface area contributed by atoms with Gasteiger partial charge in [-0.05, 0) is 24.6 Å². The third-order valence-electron chi connectivity index (χ3n) is 3.87. The molecule has 1 heterocycles. The first-order chi connectivity index (χ1) is 9.71. The van der Waals surface area contributed by atoms with Crippen molar-refractivity contribution in [2.45, 2.75) is 13.0 Å². The van der Waals surface area contributed by atoms with Crippen LogP contribution in [-0.4, -0.2) is 52.4 Å². The lowest BCUT2D eigenvalue weighted by molar-refractivity contribution is 0.185. The molecule has 0 amide bonds. The second kappa shape index (κ2) is 10.0. The van der Waals surface area contributed by atoms with Gasteiger partial charge in [-0.1, -0.05) is 0 Å². The van der Waals surface area contributed by atoms with E-state index in [1.807, 2.05) is 12.1 Å². The lowest BCUT2D eigenvalue weighted by atomic mass is 10.0. The van der Waals surface area contributed by atoms with Gasteiger partial charge in [0.2, 0.25) is 5.75 Å². The lowest BCUT2D eigenvalue weighted by Gasteiger charge is -2.33. The topological polar surface area (TPSA) is 43.0 Å². The summed E-state index contributed by atoms with van der Waals surface area (Å²) in [6, 6.07) is 4.40.